The van der Waals surface area contributed by atoms with Crippen LogP contribution in [-0.4, -0.2) is 10.1 Å². The fourth-order valence-electron chi connectivity index (χ4n) is 1.61. The number of pyridine rings is 1. The van der Waals surface area contributed by atoms with Gasteiger partial charge in [-0.1, -0.05) is 24.6 Å². The normalized spacial score (nSPS) is 12.7. The van der Waals surface area contributed by atoms with Gasteiger partial charge < -0.3 is 5.11 Å². The van der Waals surface area contributed by atoms with Crippen molar-refractivity contribution in [3.63, 3.8) is 0 Å². The molecule has 1 atom stereocenters. The first-order valence-electron chi connectivity index (χ1n) is 5.09. The first-order valence-corrected chi connectivity index (χ1v) is 6.29. The highest BCUT2D eigenvalue weighted by Gasteiger charge is 2.16. The van der Waals surface area contributed by atoms with Crippen LogP contribution in [0.4, 0.5) is 0 Å². The van der Waals surface area contributed by atoms with Gasteiger partial charge in [0.1, 0.15) is 6.10 Å². The molecule has 0 radical (unpaired) electrons. The van der Waals surface area contributed by atoms with Crippen LogP contribution in [0.25, 0.3) is 0 Å². The van der Waals surface area contributed by atoms with Gasteiger partial charge in [-0.25, -0.2) is 0 Å². The quantitative estimate of drug-likeness (QED) is 0.909. The van der Waals surface area contributed by atoms with Gasteiger partial charge in [-0.3, -0.25) is 4.98 Å². The highest BCUT2D eigenvalue weighted by Crippen LogP contribution is 2.31. The molecule has 0 bridgehead atoms. The minimum Gasteiger partial charge on any atom is -0.381 e. The van der Waals surface area contributed by atoms with E-state index in [-0.39, 0.29) is 0 Å². The SMILES string of the molecule is CCc1cccnc1C(O)c1ccc(Cl)s1. The highest BCUT2D eigenvalue weighted by atomic mass is 35.5. The lowest BCUT2D eigenvalue weighted by molar-refractivity contribution is 0.218. The Labute approximate surface area is 104 Å². The van der Waals surface area contributed by atoms with Crippen LogP contribution < -0.4 is 0 Å². The molecule has 0 spiro atoms. The van der Waals surface area contributed by atoms with E-state index in [1.54, 1.807) is 12.3 Å². The Hall–Kier alpha value is -0.900. The molecule has 0 aromatic carbocycles. The van der Waals surface area contributed by atoms with E-state index in [0.717, 1.165) is 22.6 Å². The Bertz CT molecular complexity index is 483. The lowest BCUT2D eigenvalue weighted by atomic mass is 10.1. The van der Waals surface area contributed by atoms with E-state index >= 15 is 0 Å². The van der Waals surface area contributed by atoms with Crippen molar-refractivity contribution in [2.24, 2.45) is 0 Å². The standard InChI is InChI=1S/C12H12ClNOS/c1-2-8-4-3-7-14-11(8)12(15)9-5-6-10(13)16-9/h3-7,12,15H,2H2,1H3. The van der Waals surface area contributed by atoms with Crippen molar-refractivity contribution in [2.75, 3.05) is 0 Å². The van der Waals surface area contributed by atoms with E-state index in [9.17, 15) is 5.11 Å². The number of aliphatic hydroxyl groups is 1. The third kappa shape index (κ3) is 2.26. The number of aromatic nitrogens is 1. The van der Waals surface area contributed by atoms with E-state index in [2.05, 4.69) is 11.9 Å². The summed E-state index contributed by atoms with van der Waals surface area (Å²) in [4.78, 5) is 5.08. The summed E-state index contributed by atoms with van der Waals surface area (Å²) in [5, 5.41) is 10.2. The topological polar surface area (TPSA) is 33.1 Å². The number of rotatable bonds is 3. The second-order valence-corrected chi connectivity index (χ2v) is 5.19. The first-order chi connectivity index (χ1) is 7.72. The highest BCUT2D eigenvalue weighted by molar-refractivity contribution is 7.16. The van der Waals surface area contributed by atoms with Crippen LogP contribution in [0, 0.1) is 0 Å². The summed E-state index contributed by atoms with van der Waals surface area (Å²) in [6.45, 7) is 2.05. The monoisotopic (exact) mass is 253 g/mol. The summed E-state index contributed by atoms with van der Waals surface area (Å²) in [6, 6.07) is 7.50. The van der Waals surface area contributed by atoms with Crippen LogP contribution >= 0.6 is 22.9 Å². The van der Waals surface area contributed by atoms with Crippen LogP contribution in [-0.2, 0) is 6.42 Å². The molecule has 2 aromatic rings. The van der Waals surface area contributed by atoms with Crippen LogP contribution in [0.5, 0.6) is 0 Å². The molecule has 0 amide bonds. The molecule has 2 rings (SSSR count). The fraction of sp³-hybridized carbons (Fsp3) is 0.250. The minimum atomic E-state index is -0.673. The third-order valence-electron chi connectivity index (χ3n) is 2.43. The maximum Gasteiger partial charge on any atom is 0.130 e. The van der Waals surface area contributed by atoms with Crippen molar-refractivity contribution in [1.29, 1.82) is 0 Å². The summed E-state index contributed by atoms with van der Waals surface area (Å²) in [5.41, 5.74) is 1.79. The van der Waals surface area contributed by atoms with Crippen molar-refractivity contribution in [2.45, 2.75) is 19.4 Å². The van der Waals surface area contributed by atoms with Gasteiger partial charge in [0, 0.05) is 11.1 Å². The Morgan fingerprint density at radius 3 is 2.88 bits per heavy atom. The lowest BCUT2D eigenvalue weighted by Gasteiger charge is -2.11. The lowest BCUT2D eigenvalue weighted by Crippen LogP contribution is -2.04. The number of aryl methyl sites for hydroxylation is 1. The molecular formula is C12H12ClNOS. The first kappa shape index (κ1) is 11.6. The summed E-state index contributed by atoms with van der Waals surface area (Å²) < 4.78 is 0.683. The zero-order valence-electron chi connectivity index (χ0n) is 8.85. The van der Waals surface area contributed by atoms with Gasteiger partial charge >= 0.3 is 0 Å². The molecule has 0 saturated carbocycles. The molecule has 1 N–H and O–H groups in total. The van der Waals surface area contributed by atoms with Gasteiger partial charge in [-0.15, -0.1) is 11.3 Å². The van der Waals surface area contributed by atoms with E-state index in [1.165, 1.54) is 11.3 Å². The summed E-state index contributed by atoms with van der Waals surface area (Å²) in [6.07, 6.45) is 1.89. The van der Waals surface area contributed by atoms with E-state index in [4.69, 9.17) is 11.6 Å². The van der Waals surface area contributed by atoms with Gasteiger partial charge in [-0.2, -0.15) is 0 Å². The van der Waals surface area contributed by atoms with Crippen molar-refractivity contribution >= 4 is 22.9 Å². The molecule has 2 heterocycles. The number of thiophene rings is 1. The number of hydrogen-bond acceptors (Lipinski definition) is 3. The smallest absolute Gasteiger partial charge is 0.130 e. The maximum absolute atomic E-state index is 10.2. The predicted molar refractivity (Wildman–Crippen MR) is 67.0 cm³/mol. The summed E-state index contributed by atoms with van der Waals surface area (Å²) in [7, 11) is 0. The number of halogens is 1. The predicted octanol–water partition coefficient (Wildman–Crippen LogP) is 3.44. The van der Waals surface area contributed by atoms with Gasteiger partial charge in [-0.05, 0) is 30.2 Å². The molecule has 16 heavy (non-hydrogen) atoms. The van der Waals surface area contributed by atoms with Crippen LogP contribution in [0.3, 0.4) is 0 Å². The van der Waals surface area contributed by atoms with Gasteiger partial charge in [0.25, 0.3) is 0 Å². The Morgan fingerprint density at radius 2 is 2.25 bits per heavy atom. The Balaban J connectivity index is 2.36. The Kier molecular flexibility index (Phi) is 3.59. The van der Waals surface area contributed by atoms with E-state index in [1.807, 2.05) is 18.2 Å². The van der Waals surface area contributed by atoms with Crippen molar-refractivity contribution in [1.82, 2.24) is 4.98 Å². The maximum atomic E-state index is 10.2. The molecular weight excluding hydrogens is 242 g/mol. The number of nitrogens with zero attached hydrogens (tertiary/aromatic N) is 1. The molecule has 2 nitrogen and oxygen atoms in total. The zero-order valence-corrected chi connectivity index (χ0v) is 10.4. The summed E-state index contributed by atoms with van der Waals surface area (Å²) >= 11 is 7.24. The number of hydrogen-bond donors (Lipinski definition) is 1. The minimum absolute atomic E-state index is 0.673. The molecule has 0 saturated heterocycles. The van der Waals surface area contributed by atoms with Gasteiger partial charge in [0.2, 0.25) is 0 Å². The second kappa shape index (κ2) is 4.95. The van der Waals surface area contributed by atoms with Crippen molar-refractivity contribution in [3.05, 3.63) is 50.9 Å². The molecule has 84 valence electrons. The molecule has 0 aliphatic carbocycles. The second-order valence-electron chi connectivity index (χ2n) is 3.45. The molecule has 0 aliphatic heterocycles. The zero-order chi connectivity index (χ0) is 11.5. The van der Waals surface area contributed by atoms with Crippen LogP contribution in [0.15, 0.2) is 30.5 Å². The molecule has 0 fully saturated rings. The largest absolute Gasteiger partial charge is 0.381 e. The number of aliphatic hydroxyl groups excluding tert-OH is 1. The van der Waals surface area contributed by atoms with Crippen LogP contribution in [0.1, 0.15) is 29.2 Å². The van der Waals surface area contributed by atoms with Gasteiger partial charge in [0.15, 0.2) is 0 Å². The molecule has 4 heteroatoms. The Morgan fingerprint density at radius 1 is 1.44 bits per heavy atom. The summed E-state index contributed by atoms with van der Waals surface area (Å²) in [5.74, 6) is 0. The average Bonchev–Trinajstić information content (AvgIpc) is 2.75. The van der Waals surface area contributed by atoms with Crippen LogP contribution in [0.2, 0.25) is 4.34 Å². The van der Waals surface area contributed by atoms with E-state index < -0.39 is 6.10 Å². The molecule has 1 unspecified atom stereocenters. The third-order valence-corrected chi connectivity index (χ3v) is 3.71. The van der Waals surface area contributed by atoms with Crippen molar-refractivity contribution in [3.8, 4) is 0 Å². The van der Waals surface area contributed by atoms with Crippen molar-refractivity contribution < 1.29 is 5.11 Å². The molecule has 0 aliphatic rings. The fourth-order valence-corrected chi connectivity index (χ4v) is 2.66. The van der Waals surface area contributed by atoms with E-state index in [0.29, 0.717) is 4.34 Å². The average molecular weight is 254 g/mol. The van der Waals surface area contributed by atoms with Gasteiger partial charge in [0.05, 0.1) is 10.0 Å². The molecule has 2 aromatic heterocycles.